The molecule has 0 fully saturated rings. The lowest BCUT2D eigenvalue weighted by Crippen LogP contribution is -2.25. The average molecular weight is 315 g/mol. The summed E-state index contributed by atoms with van der Waals surface area (Å²) in [7, 11) is 0. The smallest absolute Gasteiger partial charge is 0.357 e. The molecule has 0 aliphatic carbocycles. The summed E-state index contributed by atoms with van der Waals surface area (Å²) in [4.78, 5) is 15.4. The number of esters is 1. The summed E-state index contributed by atoms with van der Waals surface area (Å²) in [5.74, 6) is -0.345. The number of carbonyl (C=O) groups is 1. The van der Waals surface area contributed by atoms with E-state index < -0.39 is 0 Å². The second-order valence-electron chi connectivity index (χ2n) is 3.26. The van der Waals surface area contributed by atoms with Crippen molar-refractivity contribution in [1.82, 2.24) is 10.3 Å². The summed E-state index contributed by atoms with van der Waals surface area (Å²) in [5, 5.41) is 0. The maximum absolute atomic E-state index is 11.7. The van der Waals surface area contributed by atoms with E-state index in [-0.39, 0.29) is 5.97 Å². The van der Waals surface area contributed by atoms with Gasteiger partial charge in [-0.2, -0.15) is 4.83 Å². The van der Waals surface area contributed by atoms with Gasteiger partial charge in [0.1, 0.15) is 0 Å². The first-order valence-corrected chi connectivity index (χ1v) is 6.68. The molecule has 17 heavy (non-hydrogen) atoms. The van der Waals surface area contributed by atoms with Gasteiger partial charge in [-0.3, -0.25) is 0 Å². The van der Waals surface area contributed by atoms with Gasteiger partial charge >= 0.3 is 5.97 Å². The van der Waals surface area contributed by atoms with Crippen molar-refractivity contribution < 1.29 is 9.53 Å². The maximum Gasteiger partial charge on any atom is 0.357 e. The molecular weight excluding hydrogens is 304 g/mol. The van der Waals surface area contributed by atoms with Crippen LogP contribution in [-0.2, 0) is 9.53 Å². The summed E-state index contributed by atoms with van der Waals surface area (Å²) in [5.41, 5.74) is 4.24. The van der Waals surface area contributed by atoms with Crippen molar-refractivity contribution in [3.63, 3.8) is 0 Å². The molecule has 1 aromatic carbocycles. The number of benzene rings is 1. The largest absolute Gasteiger partial charge is 0.461 e. The highest BCUT2D eigenvalue weighted by atomic mass is 79.9. The fraction of sp³-hybridized carbons (Fsp3) is 0.182. The third-order valence-electron chi connectivity index (χ3n) is 2.14. The Balaban J connectivity index is 2.31. The molecule has 0 saturated carbocycles. The number of carbonyl (C=O) groups excluding carboxylic acids is 1. The molecule has 1 aromatic rings. The predicted molar refractivity (Wildman–Crippen MR) is 71.6 cm³/mol. The standard InChI is InChI=1S/C11H11BrN2O2S/c1-2-16-11(15)9-10(17-14-13-9)7-3-5-8(12)6-4-7/h3-6,13-14H,2H2,1H3. The number of halogens is 1. The summed E-state index contributed by atoms with van der Waals surface area (Å²) >= 11 is 4.74. The summed E-state index contributed by atoms with van der Waals surface area (Å²) in [6, 6.07) is 7.76. The zero-order valence-electron chi connectivity index (χ0n) is 9.12. The fourth-order valence-electron chi connectivity index (χ4n) is 1.39. The second kappa shape index (κ2) is 5.57. The molecule has 2 rings (SSSR count). The van der Waals surface area contributed by atoms with Crippen molar-refractivity contribution in [3.8, 4) is 0 Å². The van der Waals surface area contributed by atoms with Crippen LogP contribution < -0.4 is 10.3 Å². The second-order valence-corrected chi connectivity index (χ2v) is 4.99. The van der Waals surface area contributed by atoms with Crippen LogP contribution in [0.5, 0.6) is 0 Å². The molecule has 1 aliphatic rings. The number of rotatable bonds is 3. The van der Waals surface area contributed by atoms with Gasteiger partial charge in [0.2, 0.25) is 0 Å². The molecule has 1 heterocycles. The Morgan fingerprint density at radius 2 is 2.12 bits per heavy atom. The molecule has 90 valence electrons. The van der Waals surface area contributed by atoms with E-state index in [0.717, 1.165) is 14.9 Å². The van der Waals surface area contributed by atoms with E-state index in [0.29, 0.717) is 12.3 Å². The van der Waals surface area contributed by atoms with Crippen LogP contribution in [0.1, 0.15) is 12.5 Å². The maximum atomic E-state index is 11.7. The van der Waals surface area contributed by atoms with Gasteiger partial charge in [0.05, 0.1) is 11.5 Å². The molecule has 0 spiro atoms. The highest BCUT2D eigenvalue weighted by Crippen LogP contribution is 2.32. The first-order valence-electron chi connectivity index (χ1n) is 5.07. The number of ether oxygens (including phenoxy) is 1. The van der Waals surface area contributed by atoms with Gasteiger partial charge in [0.15, 0.2) is 5.70 Å². The van der Waals surface area contributed by atoms with Crippen LogP contribution in [-0.4, -0.2) is 12.6 Å². The monoisotopic (exact) mass is 314 g/mol. The Kier molecular flexibility index (Phi) is 4.09. The average Bonchev–Trinajstić information content (AvgIpc) is 2.79. The highest BCUT2D eigenvalue weighted by molar-refractivity contribution is 9.10. The van der Waals surface area contributed by atoms with Crippen LogP contribution in [0.2, 0.25) is 0 Å². The van der Waals surface area contributed by atoms with Crippen molar-refractivity contribution >= 4 is 38.8 Å². The summed E-state index contributed by atoms with van der Waals surface area (Å²) < 4.78 is 5.98. The van der Waals surface area contributed by atoms with Crippen LogP contribution in [0.3, 0.4) is 0 Å². The predicted octanol–water partition coefficient (Wildman–Crippen LogP) is 2.44. The highest BCUT2D eigenvalue weighted by Gasteiger charge is 2.23. The molecule has 0 unspecified atom stereocenters. The number of nitrogens with one attached hydrogen (secondary N) is 2. The molecule has 1 aliphatic heterocycles. The lowest BCUT2D eigenvalue weighted by Gasteiger charge is -2.05. The van der Waals surface area contributed by atoms with E-state index in [1.807, 2.05) is 24.3 Å². The molecule has 0 atom stereocenters. The SMILES string of the molecule is CCOC(=O)C1=C(c2ccc(Br)cc2)SNN1. The van der Waals surface area contributed by atoms with Gasteiger partial charge in [-0.15, -0.1) is 0 Å². The number of hydrogen-bond acceptors (Lipinski definition) is 5. The molecule has 0 amide bonds. The van der Waals surface area contributed by atoms with Gasteiger partial charge in [0, 0.05) is 4.47 Å². The normalized spacial score (nSPS) is 14.7. The van der Waals surface area contributed by atoms with E-state index in [1.54, 1.807) is 6.92 Å². The molecule has 2 N–H and O–H groups in total. The Labute approximate surface area is 112 Å². The van der Waals surface area contributed by atoms with Crippen molar-refractivity contribution in [2.75, 3.05) is 6.61 Å². The Morgan fingerprint density at radius 3 is 2.76 bits per heavy atom. The number of hydrazine groups is 1. The van der Waals surface area contributed by atoms with Crippen molar-refractivity contribution in [1.29, 1.82) is 0 Å². The van der Waals surface area contributed by atoms with Gasteiger partial charge in [-0.1, -0.05) is 28.1 Å². The third kappa shape index (κ3) is 2.83. The molecule has 0 bridgehead atoms. The minimum Gasteiger partial charge on any atom is -0.461 e. The van der Waals surface area contributed by atoms with E-state index in [2.05, 4.69) is 26.2 Å². The van der Waals surface area contributed by atoms with E-state index in [4.69, 9.17) is 4.74 Å². The fourth-order valence-corrected chi connectivity index (χ4v) is 2.40. The Morgan fingerprint density at radius 1 is 1.41 bits per heavy atom. The Bertz CT molecular complexity index is 459. The first kappa shape index (κ1) is 12.5. The van der Waals surface area contributed by atoms with Gasteiger partial charge in [-0.05, 0) is 36.6 Å². The van der Waals surface area contributed by atoms with Crippen molar-refractivity contribution in [3.05, 3.63) is 40.0 Å². The molecule has 0 radical (unpaired) electrons. The van der Waals surface area contributed by atoms with Gasteiger partial charge in [0.25, 0.3) is 0 Å². The zero-order valence-corrected chi connectivity index (χ0v) is 11.5. The lowest BCUT2D eigenvalue weighted by molar-refractivity contribution is -0.138. The summed E-state index contributed by atoms with van der Waals surface area (Å²) in [6.07, 6.45) is 0. The third-order valence-corrected chi connectivity index (χ3v) is 3.52. The summed E-state index contributed by atoms with van der Waals surface area (Å²) in [6.45, 7) is 2.15. The van der Waals surface area contributed by atoms with Crippen LogP contribution in [0.15, 0.2) is 34.4 Å². The van der Waals surface area contributed by atoms with Crippen LogP contribution in [0, 0.1) is 0 Å². The number of hydrogen-bond donors (Lipinski definition) is 2. The molecule has 4 nitrogen and oxygen atoms in total. The quantitative estimate of drug-likeness (QED) is 0.663. The van der Waals surface area contributed by atoms with Gasteiger partial charge in [-0.25, -0.2) is 4.79 Å². The minimum atomic E-state index is -0.345. The lowest BCUT2D eigenvalue weighted by atomic mass is 10.2. The molecule has 6 heteroatoms. The Hall–Kier alpha value is -0.980. The molecule has 0 saturated heterocycles. The molecular formula is C11H11BrN2O2S. The van der Waals surface area contributed by atoms with E-state index in [9.17, 15) is 4.79 Å². The van der Waals surface area contributed by atoms with Crippen molar-refractivity contribution in [2.24, 2.45) is 0 Å². The van der Waals surface area contributed by atoms with Crippen LogP contribution in [0.4, 0.5) is 0 Å². The topological polar surface area (TPSA) is 50.4 Å². The van der Waals surface area contributed by atoms with Crippen LogP contribution in [0.25, 0.3) is 4.91 Å². The van der Waals surface area contributed by atoms with Crippen molar-refractivity contribution in [2.45, 2.75) is 6.92 Å². The van der Waals surface area contributed by atoms with Crippen LogP contribution >= 0.6 is 27.9 Å². The first-order chi connectivity index (χ1) is 8.22. The van der Waals surface area contributed by atoms with Gasteiger partial charge < -0.3 is 10.2 Å². The van der Waals surface area contributed by atoms with E-state index in [1.165, 1.54) is 11.9 Å². The minimum absolute atomic E-state index is 0.345. The zero-order chi connectivity index (χ0) is 12.3. The molecule has 0 aromatic heterocycles. The van der Waals surface area contributed by atoms with E-state index >= 15 is 0 Å².